The van der Waals surface area contributed by atoms with Crippen LogP contribution in [0.4, 0.5) is 0 Å². The first-order chi connectivity index (χ1) is 15.0. The third kappa shape index (κ3) is 5.72. The fraction of sp³-hybridized carbons (Fsp3) is 0.333. The molecule has 3 aromatic rings. The Morgan fingerprint density at radius 1 is 0.968 bits per heavy atom. The lowest BCUT2D eigenvalue weighted by atomic mass is 10.00. The Bertz CT molecular complexity index is 1040. The van der Waals surface area contributed by atoms with E-state index in [9.17, 15) is 9.59 Å². The van der Waals surface area contributed by atoms with E-state index in [1.165, 1.54) is 10.8 Å². The largest absolute Gasteiger partial charge is 0.355 e. The fourth-order valence-electron chi connectivity index (χ4n) is 4.11. The smallest absolute Gasteiger partial charge is 0.242 e. The molecule has 4 nitrogen and oxygen atoms in total. The predicted octanol–water partition coefficient (Wildman–Crippen LogP) is 5.02. The summed E-state index contributed by atoms with van der Waals surface area (Å²) in [6.45, 7) is 6.89. The molecule has 0 unspecified atom stereocenters. The number of carbonyl (C=O) groups excluding carboxylic acids is 2. The standard InChI is InChI=1S/C27H32N2O2/c1-4-25(27(31)28-5-2)29(19-21-11-8-10-20(3)18-21)26(30)17-16-23-14-9-13-22-12-6-7-15-24(22)23/h6-15,18,25H,4-5,16-17,19H2,1-3H3,(H,28,31)/t25-/m1/s1. The average molecular weight is 417 g/mol. The van der Waals surface area contributed by atoms with Crippen molar-refractivity contribution in [1.82, 2.24) is 10.2 Å². The summed E-state index contributed by atoms with van der Waals surface area (Å²) in [5, 5.41) is 5.25. The molecule has 1 N–H and O–H groups in total. The molecule has 31 heavy (non-hydrogen) atoms. The molecule has 0 aliphatic heterocycles. The van der Waals surface area contributed by atoms with Crippen molar-refractivity contribution in [3.8, 4) is 0 Å². The normalized spacial score (nSPS) is 11.8. The molecule has 4 heteroatoms. The number of hydrogen-bond donors (Lipinski definition) is 1. The Labute approximate surface area is 185 Å². The lowest BCUT2D eigenvalue weighted by Crippen LogP contribution is -2.49. The van der Waals surface area contributed by atoms with Gasteiger partial charge in [0.15, 0.2) is 0 Å². The molecule has 0 spiro atoms. The second-order valence-corrected chi connectivity index (χ2v) is 7.97. The van der Waals surface area contributed by atoms with Gasteiger partial charge in [-0.05, 0) is 48.6 Å². The number of likely N-dealkylation sites (N-methyl/N-ethyl adjacent to an activating group) is 1. The molecule has 0 saturated carbocycles. The Kier molecular flexibility index (Phi) is 7.82. The van der Waals surface area contributed by atoms with Crippen molar-refractivity contribution in [2.75, 3.05) is 6.54 Å². The number of amides is 2. The molecule has 0 bridgehead atoms. The molecule has 0 saturated heterocycles. The molecule has 1 atom stereocenters. The van der Waals surface area contributed by atoms with Gasteiger partial charge < -0.3 is 10.2 Å². The van der Waals surface area contributed by atoms with Gasteiger partial charge in [-0.15, -0.1) is 0 Å². The van der Waals surface area contributed by atoms with Gasteiger partial charge in [-0.1, -0.05) is 79.2 Å². The van der Waals surface area contributed by atoms with E-state index in [2.05, 4.69) is 35.6 Å². The van der Waals surface area contributed by atoms with Crippen molar-refractivity contribution in [1.29, 1.82) is 0 Å². The van der Waals surface area contributed by atoms with Crippen LogP contribution in [-0.2, 0) is 22.6 Å². The zero-order valence-corrected chi connectivity index (χ0v) is 18.7. The highest BCUT2D eigenvalue weighted by molar-refractivity contribution is 5.89. The minimum atomic E-state index is -0.472. The summed E-state index contributed by atoms with van der Waals surface area (Å²) in [7, 11) is 0. The Morgan fingerprint density at radius 3 is 2.45 bits per heavy atom. The number of carbonyl (C=O) groups is 2. The molecular formula is C27H32N2O2. The maximum atomic E-state index is 13.4. The fourth-order valence-corrected chi connectivity index (χ4v) is 4.11. The summed E-state index contributed by atoms with van der Waals surface area (Å²) in [5.41, 5.74) is 3.35. The van der Waals surface area contributed by atoms with Crippen molar-refractivity contribution in [3.05, 3.63) is 83.4 Å². The van der Waals surface area contributed by atoms with Gasteiger partial charge in [0.25, 0.3) is 0 Å². The molecule has 0 fully saturated rings. The molecule has 0 aromatic heterocycles. The van der Waals surface area contributed by atoms with Crippen molar-refractivity contribution in [3.63, 3.8) is 0 Å². The first kappa shape index (κ1) is 22.5. The van der Waals surface area contributed by atoms with Gasteiger partial charge in [-0.2, -0.15) is 0 Å². The van der Waals surface area contributed by atoms with Gasteiger partial charge in [0, 0.05) is 19.5 Å². The molecular weight excluding hydrogens is 384 g/mol. The first-order valence-corrected chi connectivity index (χ1v) is 11.1. The lowest BCUT2D eigenvalue weighted by Gasteiger charge is -2.31. The van der Waals surface area contributed by atoms with E-state index in [0.29, 0.717) is 32.4 Å². The van der Waals surface area contributed by atoms with Gasteiger partial charge in [-0.25, -0.2) is 0 Å². The van der Waals surface area contributed by atoms with E-state index in [1.54, 1.807) is 4.90 Å². The molecule has 0 aliphatic carbocycles. The lowest BCUT2D eigenvalue weighted by molar-refractivity contribution is -0.141. The molecule has 0 heterocycles. The molecule has 3 rings (SSSR count). The summed E-state index contributed by atoms with van der Waals surface area (Å²) in [5.74, 6) is -0.0799. The topological polar surface area (TPSA) is 49.4 Å². The predicted molar refractivity (Wildman–Crippen MR) is 127 cm³/mol. The van der Waals surface area contributed by atoms with Crippen LogP contribution in [0.5, 0.6) is 0 Å². The van der Waals surface area contributed by atoms with Crippen molar-refractivity contribution in [2.45, 2.75) is 52.6 Å². The van der Waals surface area contributed by atoms with E-state index in [1.807, 2.05) is 57.2 Å². The van der Waals surface area contributed by atoms with E-state index in [0.717, 1.165) is 16.7 Å². The minimum Gasteiger partial charge on any atom is -0.355 e. The van der Waals surface area contributed by atoms with Crippen molar-refractivity contribution >= 4 is 22.6 Å². The second-order valence-electron chi connectivity index (χ2n) is 7.97. The molecule has 162 valence electrons. The number of rotatable bonds is 9. The van der Waals surface area contributed by atoms with Gasteiger partial charge in [0.05, 0.1) is 0 Å². The molecule has 0 aliphatic rings. The quantitative estimate of drug-likeness (QED) is 0.532. The number of fused-ring (bicyclic) bond motifs is 1. The molecule has 3 aromatic carbocycles. The Hall–Kier alpha value is -3.14. The third-order valence-electron chi connectivity index (χ3n) is 5.66. The van der Waals surface area contributed by atoms with Crippen LogP contribution in [0.1, 0.15) is 43.4 Å². The number of benzene rings is 3. The average Bonchev–Trinajstić information content (AvgIpc) is 2.77. The van der Waals surface area contributed by atoms with Gasteiger partial charge in [-0.3, -0.25) is 9.59 Å². The summed E-state index contributed by atoms with van der Waals surface area (Å²) < 4.78 is 0. The van der Waals surface area contributed by atoms with Crippen LogP contribution < -0.4 is 5.32 Å². The highest BCUT2D eigenvalue weighted by atomic mass is 16.2. The molecule has 0 radical (unpaired) electrons. The van der Waals surface area contributed by atoms with Crippen molar-refractivity contribution < 1.29 is 9.59 Å². The van der Waals surface area contributed by atoms with Crippen LogP contribution in [-0.4, -0.2) is 29.3 Å². The monoisotopic (exact) mass is 416 g/mol. The van der Waals surface area contributed by atoms with E-state index in [4.69, 9.17) is 0 Å². The van der Waals surface area contributed by atoms with Crippen LogP contribution in [0.2, 0.25) is 0 Å². The van der Waals surface area contributed by atoms with Gasteiger partial charge in [0.1, 0.15) is 6.04 Å². The van der Waals surface area contributed by atoms with Crippen molar-refractivity contribution in [2.24, 2.45) is 0 Å². The SMILES string of the molecule is CCNC(=O)[C@@H](CC)N(Cc1cccc(C)c1)C(=O)CCc1cccc2ccccc12. The van der Waals surface area contributed by atoms with E-state index in [-0.39, 0.29) is 11.8 Å². The Balaban J connectivity index is 1.82. The van der Waals surface area contributed by atoms with Crippen LogP contribution >= 0.6 is 0 Å². The van der Waals surface area contributed by atoms with E-state index < -0.39 is 6.04 Å². The maximum Gasteiger partial charge on any atom is 0.242 e. The zero-order valence-electron chi connectivity index (χ0n) is 18.7. The van der Waals surface area contributed by atoms with Crippen LogP contribution in [0, 0.1) is 6.92 Å². The highest BCUT2D eigenvalue weighted by Crippen LogP contribution is 2.21. The van der Waals surface area contributed by atoms with Gasteiger partial charge >= 0.3 is 0 Å². The highest BCUT2D eigenvalue weighted by Gasteiger charge is 2.28. The zero-order chi connectivity index (χ0) is 22.2. The number of nitrogens with zero attached hydrogens (tertiary/aromatic N) is 1. The summed E-state index contributed by atoms with van der Waals surface area (Å²) in [6, 6.07) is 22.1. The summed E-state index contributed by atoms with van der Waals surface area (Å²) >= 11 is 0. The van der Waals surface area contributed by atoms with Crippen LogP contribution in [0.15, 0.2) is 66.7 Å². The summed E-state index contributed by atoms with van der Waals surface area (Å²) in [6.07, 6.45) is 1.60. The number of nitrogens with one attached hydrogen (secondary N) is 1. The Morgan fingerprint density at radius 2 is 1.71 bits per heavy atom. The van der Waals surface area contributed by atoms with Crippen LogP contribution in [0.25, 0.3) is 10.8 Å². The van der Waals surface area contributed by atoms with Gasteiger partial charge in [0.2, 0.25) is 11.8 Å². The minimum absolute atomic E-state index is 0.00698. The number of aryl methyl sites for hydroxylation is 2. The van der Waals surface area contributed by atoms with E-state index >= 15 is 0 Å². The second kappa shape index (κ2) is 10.8. The third-order valence-corrected chi connectivity index (χ3v) is 5.66. The summed E-state index contributed by atoms with van der Waals surface area (Å²) in [4.78, 5) is 27.9. The van der Waals surface area contributed by atoms with Crippen LogP contribution in [0.3, 0.4) is 0 Å². The molecule has 2 amide bonds. The maximum absolute atomic E-state index is 13.4. The number of hydrogen-bond acceptors (Lipinski definition) is 2. The first-order valence-electron chi connectivity index (χ1n) is 11.1.